The van der Waals surface area contributed by atoms with Crippen molar-refractivity contribution < 1.29 is 14.3 Å². The molecule has 0 saturated carbocycles. The minimum atomic E-state index is 0. The van der Waals surface area contributed by atoms with Gasteiger partial charge in [-0.15, -0.1) is 12.4 Å². The van der Waals surface area contributed by atoms with Crippen LogP contribution in [0.2, 0.25) is 0 Å². The molecule has 1 aliphatic heterocycles. The Morgan fingerprint density at radius 2 is 2.21 bits per heavy atom. The molecule has 1 saturated heterocycles. The molecule has 2 N–H and O–H groups in total. The van der Waals surface area contributed by atoms with E-state index in [0.717, 1.165) is 42.7 Å². The van der Waals surface area contributed by atoms with Crippen LogP contribution in [0.25, 0.3) is 0 Å². The molecule has 1 fully saturated rings. The van der Waals surface area contributed by atoms with Crippen LogP contribution < -0.4 is 15.4 Å². The molecule has 1 amide bonds. The van der Waals surface area contributed by atoms with Crippen molar-refractivity contribution >= 4 is 18.3 Å². The topological polar surface area (TPSA) is 59.6 Å². The average Bonchev–Trinajstić information content (AvgIpc) is 3.03. The number of benzene rings is 1. The van der Waals surface area contributed by atoms with Gasteiger partial charge in [0.05, 0.1) is 6.61 Å². The molecular weight excluding hydrogens is 328 g/mol. The van der Waals surface area contributed by atoms with Crippen molar-refractivity contribution in [1.82, 2.24) is 10.6 Å². The Hall–Kier alpha value is -1.30. The summed E-state index contributed by atoms with van der Waals surface area (Å²) in [6.07, 6.45) is 3.65. The number of carbonyl (C=O) groups is 1. The van der Waals surface area contributed by atoms with Crippen LogP contribution in [0.15, 0.2) is 18.2 Å². The smallest absolute Gasteiger partial charge is 0.221 e. The van der Waals surface area contributed by atoms with Gasteiger partial charge in [-0.1, -0.05) is 12.1 Å². The molecule has 0 aliphatic carbocycles. The van der Waals surface area contributed by atoms with E-state index in [1.54, 1.807) is 7.11 Å². The molecule has 24 heavy (non-hydrogen) atoms. The average molecular weight is 357 g/mol. The number of amides is 1. The molecule has 0 bridgehead atoms. The van der Waals surface area contributed by atoms with Gasteiger partial charge in [-0.25, -0.2) is 0 Å². The van der Waals surface area contributed by atoms with Crippen LogP contribution in [0.4, 0.5) is 0 Å². The summed E-state index contributed by atoms with van der Waals surface area (Å²) in [6, 6.07) is 6.42. The zero-order valence-electron chi connectivity index (χ0n) is 14.6. The maximum atomic E-state index is 12.0. The van der Waals surface area contributed by atoms with Gasteiger partial charge in [-0.05, 0) is 37.9 Å². The molecule has 0 spiro atoms. The molecule has 6 heteroatoms. The lowest BCUT2D eigenvalue weighted by Crippen LogP contribution is -2.31. The second-order valence-electron chi connectivity index (χ2n) is 6.08. The number of methoxy groups -OCH3 is 1. The number of hydrogen-bond donors (Lipinski definition) is 2. The van der Waals surface area contributed by atoms with Crippen LogP contribution >= 0.6 is 12.4 Å². The van der Waals surface area contributed by atoms with Crippen molar-refractivity contribution in [3.63, 3.8) is 0 Å². The van der Waals surface area contributed by atoms with Gasteiger partial charge in [-0.3, -0.25) is 4.79 Å². The first-order chi connectivity index (χ1) is 11.2. The van der Waals surface area contributed by atoms with Gasteiger partial charge >= 0.3 is 0 Å². The normalized spacial score (nSPS) is 16.5. The van der Waals surface area contributed by atoms with Gasteiger partial charge in [0.1, 0.15) is 5.75 Å². The summed E-state index contributed by atoms with van der Waals surface area (Å²) in [5.74, 6) is 0.940. The fraction of sp³-hybridized carbons (Fsp3) is 0.611. The SMILES string of the molecule is COCCCOc1cc(C)ccc1CNC(=O)CC1CCCN1.Cl. The van der Waals surface area contributed by atoms with Gasteiger partial charge in [-0.2, -0.15) is 0 Å². The summed E-state index contributed by atoms with van der Waals surface area (Å²) in [7, 11) is 1.69. The molecule has 0 aromatic heterocycles. The predicted molar refractivity (Wildman–Crippen MR) is 97.9 cm³/mol. The molecule has 1 heterocycles. The van der Waals surface area contributed by atoms with Gasteiger partial charge in [0.25, 0.3) is 0 Å². The number of halogens is 1. The Morgan fingerprint density at radius 1 is 1.38 bits per heavy atom. The molecule has 2 rings (SSSR count). The highest BCUT2D eigenvalue weighted by molar-refractivity contribution is 5.85. The summed E-state index contributed by atoms with van der Waals surface area (Å²) in [5, 5.41) is 6.35. The van der Waals surface area contributed by atoms with E-state index in [0.29, 0.717) is 32.2 Å². The van der Waals surface area contributed by atoms with Crippen molar-refractivity contribution in [2.45, 2.75) is 45.2 Å². The van der Waals surface area contributed by atoms with Crippen LogP contribution in [-0.4, -0.2) is 38.8 Å². The van der Waals surface area contributed by atoms with Gasteiger partial charge in [0.2, 0.25) is 5.91 Å². The molecule has 1 aromatic carbocycles. The number of aryl methyl sites for hydroxylation is 1. The molecule has 0 radical (unpaired) electrons. The van der Waals surface area contributed by atoms with Gasteiger partial charge in [0.15, 0.2) is 0 Å². The molecule has 5 nitrogen and oxygen atoms in total. The van der Waals surface area contributed by atoms with Crippen LogP contribution in [0.3, 0.4) is 0 Å². The second-order valence-corrected chi connectivity index (χ2v) is 6.08. The second kappa shape index (κ2) is 11.3. The van der Waals surface area contributed by atoms with E-state index in [4.69, 9.17) is 9.47 Å². The van der Waals surface area contributed by atoms with Crippen LogP contribution in [-0.2, 0) is 16.1 Å². The zero-order valence-corrected chi connectivity index (χ0v) is 15.4. The third kappa shape index (κ3) is 7.07. The summed E-state index contributed by atoms with van der Waals surface area (Å²) >= 11 is 0. The Morgan fingerprint density at radius 3 is 2.92 bits per heavy atom. The van der Waals surface area contributed by atoms with Crippen LogP contribution in [0.1, 0.15) is 36.8 Å². The van der Waals surface area contributed by atoms with E-state index >= 15 is 0 Å². The van der Waals surface area contributed by atoms with E-state index < -0.39 is 0 Å². The lowest BCUT2D eigenvalue weighted by molar-refractivity contribution is -0.121. The summed E-state index contributed by atoms with van der Waals surface area (Å²) in [4.78, 5) is 12.0. The number of hydrogen-bond acceptors (Lipinski definition) is 4. The van der Waals surface area contributed by atoms with Crippen molar-refractivity contribution in [3.05, 3.63) is 29.3 Å². The van der Waals surface area contributed by atoms with Gasteiger partial charge in [0, 0.05) is 44.7 Å². The number of rotatable bonds is 9. The maximum absolute atomic E-state index is 12.0. The lowest BCUT2D eigenvalue weighted by Gasteiger charge is -2.14. The number of carbonyl (C=O) groups excluding carboxylic acids is 1. The highest BCUT2D eigenvalue weighted by Crippen LogP contribution is 2.20. The van der Waals surface area contributed by atoms with Crippen molar-refractivity contribution in [2.24, 2.45) is 0 Å². The number of ether oxygens (including phenoxy) is 2. The summed E-state index contributed by atoms with van der Waals surface area (Å²) in [5.41, 5.74) is 2.16. The summed E-state index contributed by atoms with van der Waals surface area (Å²) < 4.78 is 10.9. The lowest BCUT2D eigenvalue weighted by atomic mass is 10.1. The standard InChI is InChI=1S/C18H28N2O3.ClH/c1-14-6-7-15(17(11-14)23-10-4-9-22-2)13-20-18(21)12-16-5-3-8-19-16;/h6-7,11,16,19H,3-5,8-10,12-13H2,1-2H3,(H,20,21);1H. The fourth-order valence-corrected chi connectivity index (χ4v) is 2.75. The Balaban J connectivity index is 0.00000288. The minimum Gasteiger partial charge on any atom is -0.493 e. The predicted octanol–water partition coefficient (Wildman–Crippen LogP) is 2.59. The quantitative estimate of drug-likeness (QED) is 0.668. The van der Waals surface area contributed by atoms with E-state index in [1.807, 2.05) is 25.1 Å². The highest BCUT2D eigenvalue weighted by Gasteiger charge is 2.17. The third-order valence-corrected chi connectivity index (χ3v) is 4.04. The molecule has 1 atom stereocenters. The first-order valence-electron chi connectivity index (χ1n) is 8.40. The van der Waals surface area contributed by atoms with Crippen molar-refractivity contribution in [3.8, 4) is 5.75 Å². The molecule has 1 unspecified atom stereocenters. The Kier molecular flexibility index (Phi) is 9.76. The van der Waals surface area contributed by atoms with Crippen molar-refractivity contribution in [1.29, 1.82) is 0 Å². The minimum absolute atomic E-state index is 0. The molecule has 136 valence electrons. The first kappa shape index (κ1) is 20.7. The fourth-order valence-electron chi connectivity index (χ4n) is 2.75. The third-order valence-electron chi connectivity index (χ3n) is 4.04. The Bertz CT molecular complexity index is 505. The zero-order chi connectivity index (χ0) is 16.5. The molecular formula is C18H29ClN2O3. The monoisotopic (exact) mass is 356 g/mol. The first-order valence-corrected chi connectivity index (χ1v) is 8.40. The van der Waals surface area contributed by atoms with Gasteiger partial charge < -0.3 is 20.1 Å². The van der Waals surface area contributed by atoms with E-state index in [9.17, 15) is 4.79 Å². The number of nitrogens with one attached hydrogen (secondary N) is 2. The molecule has 1 aromatic rings. The van der Waals surface area contributed by atoms with E-state index in [2.05, 4.69) is 10.6 Å². The molecule has 1 aliphatic rings. The maximum Gasteiger partial charge on any atom is 0.221 e. The largest absolute Gasteiger partial charge is 0.493 e. The van der Waals surface area contributed by atoms with Crippen LogP contribution in [0, 0.1) is 6.92 Å². The van der Waals surface area contributed by atoms with E-state index in [-0.39, 0.29) is 18.3 Å². The van der Waals surface area contributed by atoms with Crippen LogP contribution in [0.5, 0.6) is 5.75 Å². The van der Waals surface area contributed by atoms with Crippen molar-refractivity contribution in [2.75, 3.05) is 26.9 Å². The Labute approximate surface area is 150 Å². The highest BCUT2D eigenvalue weighted by atomic mass is 35.5. The summed E-state index contributed by atoms with van der Waals surface area (Å²) in [6.45, 7) is 4.87. The van der Waals surface area contributed by atoms with E-state index in [1.165, 1.54) is 0 Å².